The highest BCUT2D eigenvalue weighted by Crippen LogP contribution is 2.36. The van der Waals surface area contributed by atoms with Crippen molar-refractivity contribution in [3.8, 4) is 0 Å². The number of hydrogen-bond donors (Lipinski definition) is 1. The molecule has 0 spiro atoms. The van der Waals surface area contributed by atoms with Gasteiger partial charge >= 0.3 is 12.4 Å². The lowest BCUT2D eigenvalue weighted by Crippen LogP contribution is -2.23. The number of carbonyl (C=O) groups is 2. The molecular formula is C19H14F6N2O2. The molecule has 4 nitrogen and oxygen atoms in total. The zero-order chi connectivity index (χ0) is 21.4. The Kier molecular flexibility index (Phi) is 5.29. The summed E-state index contributed by atoms with van der Waals surface area (Å²) in [6, 6.07) is 6.58. The molecule has 0 aliphatic carbocycles. The Morgan fingerprint density at radius 2 is 1.45 bits per heavy atom. The van der Waals surface area contributed by atoms with Gasteiger partial charge in [-0.1, -0.05) is 0 Å². The largest absolute Gasteiger partial charge is 0.416 e. The van der Waals surface area contributed by atoms with E-state index in [4.69, 9.17) is 0 Å². The Morgan fingerprint density at radius 3 is 1.90 bits per heavy atom. The van der Waals surface area contributed by atoms with Crippen LogP contribution in [0, 0.1) is 0 Å². The molecule has 0 saturated carbocycles. The number of halogens is 6. The van der Waals surface area contributed by atoms with Gasteiger partial charge in [0.25, 0.3) is 5.91 Å². The molecule has 0 radical (unpaired) electrons. The third-order valence-electron chi connectivity index (χ3n) is 4.36. The zero-order valence-corrected chi connectivity index (χ0v) is 14.7. The van der Waals surface area contributed by atoms with E-state index in [1.54, 1.807) is 4.90 Å². The molecule has 3 rings (SSSR count). The highest BCUT2D eigenvalue weighted by molar-refractivity contribution is 6.04. The summed E-state index contributed by atoms with van der Waals surface area (Å²) in [4.78, 5) is 25.5. The molecule has 2 aromatic rings. The van der Waals surface area contributed by atoms with Gasteiger partial charge in [-0.3, -0.25) is 9.59 Å². The SMILES string of the molecule is O=C(Nc1ccc(N2CCCC2=O)cc1)c1cc(C(F)(F)F)cc(C(F)(F)F)c1. The summed E-state index contributed by atoms with van der Waals surface area (Å²) in [5.41, 5.74) is -3.16. The summed E-state index contributed by atoms with van der Waals surface area (Å²) in [6.45, 7) is 0.551. The van der Waals surface area contributed by atoms with Crippen molar-refractivity contribution in [2.45, 2.75) is 25.2 Å². The maximum atomic E-state index is 12.9. The molecule has 0 unspecified atom stereocenters. The number of nitrogens with one attached hydrogen (secondary N) is 1. The summed E-state index contributed by atoms with van der Waals surface area (Å²) in [5, 5.41) is 2.27. The molecule has 1 heterocycles. The van der Waals surface area contributed by atoms with Gasteiger partial charge in [0.2, 0.25) is 5.91 Å². The molecule has 2 aromatic carbocycles. The van der Waals surface area contributed by atoms with Crippen molar-refractivity contribution in [3.63, 3.8) is 0 Å². The second-order valence-electron chi connectivity index (χ2n) is 6.44. The molecule has 1 aliphatic rings. The first kappa shape index (κ1) is 20.7. The third-order valence-corrected chi connectivity index (χ3v) is 4.36. The molecule has 1 fully saturated rings. The molecule has 29 heavy (non-hydrogen) atoms. The smallest absolute Gasteiger partial charge is 0.322 e. The summed E-state index contributed by atoms with van der Waals surface area (Å²) in [7, 11) is 0. The number of anilines is 2. The van der Waals surface area contributed by atoms with E-state index in [1.165, 1.54) is 24.3 Å². The number of carbonyl (C=O) groups excluding carboxylic acids is 2. The Morgan fingerprint density at radius 1 is 0.897 bits per heavy atom. The van der Waals surface area contributed by atoms with Crippen molar-refractivity contribution >= 4 is 23.2 Å². The lowest BCUT2D eigenvalue weighted by Gasteiger charge is -2.16. The standard InChI is InChI=1S/C19H14F6N2O2/c20-18(21,22)12-8-11(9-13(10-12)19(23,24)25)17(29)26-14-3-5-15(6-4-14)27-7-1-2-16(27)28/h3-6,8-10H,1-2,7H2,(H,26,29). The lowest BCUT2D eigenvalue weighted by molar-refractivity contribution is -0.143. The van der Waals surface area contributed by atoms with Gasteiger partial charge in [0.05, 0.1) is 11.1 Å². The van der Waals surface area contributed by atoms with Crippen molar-refractivity contribution < 1.29 is 35.9 Å². The molecule has 0 bridgehead atoms. The molecule has 0 aromatic heterocycles. The zero-order valence-electron chi connectivity index (χ0n) is 14.7. The first-order valence-electron chi connectivity index (χ1n) is 8.46. The molecule has 1 N–H and O–H groups in total. The van der Waals surface area contributed by atoms with Crippen LogP contribution in [0.3, 0.4) is 0 Å². The van der Waals surface area contributed by atoms with Crippen LogP contribution < -0.4 is 10.2 Å². The molecule has 2 amide bonds. The van der Waals surface area contributed by atoms with E-state index in [2.05, 4.69) is 5.32 Å². The van der Waals surface area contributed by atoms with Gasteiger partial charge in [-0.05, 0) is 48.9 Å². The van der Waals surface area contributed by atoms with Crippen LogP contribution in [-0.4, -0.2) is 18.4 Å². The van der Waals surface area contributed by atoms with Crippen molar-refractivity contribution in [1.29, 1.82) is 0 Å². The number of alkyl halides is 6. The molecule has 1 saturated heterocycles. The fraction of sp³-hybridized carbons (Fsp3) is 0.263. The average Bonchev–Trinajstić information content (AvgIpc) is 3.06. The minimum atomic E-state index is -5.04. The van der Waals surface area contributed by atoms with Crippen LogP contribution >= 0.6 is 0 Å². The number of rotatable bonds is 3. The number of nitrogens with zero attached hydrogens (tertiary/aromatic N) is 1. The normalized spacial score (nSPS) is 15.0. The highest BCUT2D eigenvalue weighted by Gasteiger charge is 2.37. The predicted octanol–water partition coefficient (Wildman–Crippen LogP) is 5.10. The first-order chi connectivity index (χ1) is 13.4. The van der Waals surface area contributed by atoms with Crippen molar-refractivity contribution in [1.82, 2.24) is 0 Å². The maximum absolute atomic E-state index is 12.9. The summed E-state index contributed by atoms with van der Waals surface area (Å²) in [5.74, 6) is -1.17. The fourth-order valence-corrected chi connectivity index (χ4v) is 2.94. The fourth-order valence-electron chi connectivity index (χ4n) is 2.94. The summed E-state index contributed by atoms with van der Waals surface area (Å²) >= 11 is 0. The average molecular weight is 416 g/mol. The van der Waals surface area contributed by atoms with Crippen LogP contribution in [-0.2, 0) is 17.1 Å². The van der Waals surface area contributed by atoms with Crippen LogP contribution in [0.1, 0.15) is 34.3 Å². The predicted molar refractivity (Wildman–Crippen MR) is 92.4 cm³/mol. The van der Waals surface area contributed by atoms with Crippen molar-refractivity contribution in [2.24, 2.45) is 0 Å². The molecular weight excluding hydrogens is 402 g/mol. The van der Waals surface area contributed by atoms with Gasteiger partial charge in [-0.25, -0.2) is 0 Å². The highest BCUT2D eigenvalue weighted by atomic mass is 19.4. The molecule has 10 heteroatoms. The van der Waals surface area contributed by atoms with Gasteiger partial charge in [0.15, 0.2) is 0 Å². The van der Waals surface area contributed by atoms with E-state index in [-0.39, 0.29) is 17.7 Å². The lowest BCUT2D eigenvalue weighted by atomic mass is 10.0. The first-order valence-corrected chi connectivity index (χ1v) is 8.46. The van der Waals surface area contributed by atoms with E-state index in [0.717, 1.165) is 0 Å². The van der Waals surface area contributed by atoms with Crippen molar-refractivity contribution in [3.05, 3.63) is 59.2 Å². The quantitative estimate of drug-likeness (QED) is 0.708. The molecule has 154 valence electrons. The van der Waals surface area contributed by atoms with Crippen molar-refractivity contribution in [2.75, 3.05) is 16.8 Å². The Labute approximate surface area is 161 Å². The van der Waals surface area contributed by atoms with E-state index in [0.29, 0.717) is 37.2 Å². The topological polar surface area (TPSA) is 49.4 Å². The van der Waals surface area contributed by atoms with Gasteiger partial charge < -0.3 is 10.2 Å². The monoisotopic (exact) mass is 416 g/mol. The second-order valence-corrected chi connectivity index (χ2v) is 6.44. The number of hydrogen-bond acceptors (Lipinski definition) is 2. The number of benzene rings is 2. The maximum Gasteiger partial charge on any atom is 0.416 e. The van der Waals surface area contributed by atoms with Gasteiger partial charge in [0, 0.05) is 29.9 Å². The Hall–Kier alpha value is -3.04. The van der Waals surface area contributed by atoms with Crippen LogP contribution in [0.15, 0.2) is 42.5 Å². The summed E-state index contributed by atoms with van der Waals surface area (Å²) < 4.78 is 77.5. The molecule has 1 aliphatic heterocycles. The summed E-state index contributed by atoms with van der Waals surface area (Å²) in [6.07, 6.45) is -8.94. The van der Waals surface area contributed by atoms with Gasteiger partial charge in [0.1, 0.15) is 0 Å². The number of amides is 2. The van der Waals surface area contributed by atoms with Crippen LogP contribution in [0.4, 0.5) is 37.7 Å². The minimum Gasteiger partial charge on any atom is -0.322 e. The van der Waals surface area contributed by atoms with Crippen LogP contribution in [0.25, 0.3) is 0 Å². The second kappa shape index (κ2) is 7.41. The minimum absolute atomic E-state index is 0.0430. The molecule has 0 atom stereocenters. The van der Waals surface area contributed by atoms with E-state index in [9.17, 15) is 35.9 Å². The van der Waals surface area contributed by atoms with E-state index in [1.807, 2.05) is 0 Å². The Balaban J connectivity index is 1.84. The Bertz CT molecular complexity index is 903. The van der Waals surface area contributed by atoms with Crippen LogP contribution in [0.5, 0.6) is 0 Å². The van der Waals surface area contributed by atoms with Crippen LogP contribution in [0.2, 0.25) is 0 Å². The van der Waals surface area contributed by atoms with Gasteiger partial charge in [-0.2, -0.15) is 26.3 Å². The third kappa shape index (κ3) is 4.69. The van der Waals surface area contributed by atoms with Gasteiger partial charge in [-0.15, -0.1) is 0 Å². The van der Waals surface area contributed by atoms with E-state index >= 15 is 0 Å². The van der Waals surface area contributed by atoms with E-state index < -0.39 is 35.0 Å².